The van der Waals surface area contributed by atoms with Crippen LogP contribution in [-0.4, -0.2) is 9.91 Å². The molecule has 6 heteroatoms. The van der Waals surface area contributed by atoms with Crippen LogP contribution in [0.2, 0.25) is 0 Å². The van der Waals surface area contributed by atoms with Crippen LogP contribution >= 0.6 is 0 Å². The second-order valence-electron chi connectivity index (χ2n) is 4.30. The van der Waals surface area contributed by atoms with E-state index in [1.54, 1.807) is 0 Å². The summed E-state index contributed by atoms with van der Waals surface area (Å²) in [6.45, 7) is 2.42. The molecular weight excluding hydrogens is 256 g/mol. The lowest BCUT2D eigenvalue weighted by Gasteiger charge is -2.06. The van der Waals surface area contributed by atoms with Crippen LogP contribution in [0.5, 0.6) is 0 Å². The van der Waals surface area contributed by atoms with Crippen molar-refractivity contribution >= 4 is 11.5 Å². The summed E-state index contributed by atoms with van der Waals surface area (Å²) in [4.78, 5) is 14.3. The SMILES string of the molecule is Cc1ccc(CNc2ncc(C#N)cc2[N+](=O)[O-])cc1. The fourth-order valence-electron chi connectivity index (χ4n) is 1.68. The molecule has 0 aliphatic carbocycles. The number of pyridine rings is 1. The molecule has 0 atom stereocenters. The van der Waals surface area contributed by atoms with Gasteiger partial charge in [0.1, 0.15) is 6.07 Å². The molecule has 0 fully saturated rings. The Bertz CT molecular complexity index is 675. The summed E-state index contributed by atoms with van der Waals surface area (Å²) >= 11 is 0. The van der Waals surface area contributed by atoms with E-state index in [-0.39, 0.29) is 17.1 Å². The van der Waals surface area contributed by atoms with E-state index in [2.05, 4.69) is 10.3 Å². The van der Waals surface area contributed by atoms with Gasteiger partial charge in [0.2, 0.25) is 5.82 Å². The number of rotatable bonds is 4. The highest BCUT2D eigenvalue weighted by atomic mass is 16.6. The molecule has 2 rings (SSSR count). The van der Waals surface area contributed by atoms with Crippen LogP contribution in [0.15, 0.2) is 36.5 Å². The van der Waals surface area contributed by atoms with Gasteiger partial charge in [0.15, 0.2) is 0 Å². The predicted molar refractivity (Wildman–Crippen MR) is 74.1 cm³/mol. The van der Waals surface area contributed by atoms with Gasteiger partial charge >= 0.3 is 5.69 Å². The van der Waals surface area contributed by atoms with Crippen LogP contribution in [0.3, 0.4) is 0 Å². The molecule has 20 heavy (non-hydrogen) atoms. The first-order chi connectivity index (χ1) is 9.60. The van der Waals surface area contributed by atoms with Gasteiger partial charge in [-0.15, -0.1) is 0 Å². The van der Waals surface area contributed by atoms with Crippen molar-refractivity contribution in [1.29, 1.82) is 5.26 Å². The third-order valence-corrected chi connectivity index (χ3v) is 2.77. The monoisotopic (exact) mass is 268 g/mol. The number of nitriles is 1. The highest BCUT2D eigenvalue weighted by molar-refractivity contribution is 5.58. The van der Waals surface area contributed by atoms with Crippen LogP contribution in [0, 0.1) is 28.4 Å². The van der Waals surface area contributed by atoms with Crippen LogP contribution in [-0.2, 0) is 6.54 Å². The van der Waals surface area contributed by atoms with Crippen molar-refractivity contribution in [2.24, 2.45) is 0 Å². The topological polar surface area (TPSA) is 91.8 Å². The van der Waals surface area contributed by atoms with Crippen molar-refractivity contribution < 1.29 is 4.92 Å². The molecule has 0 saturated carbocycles. The summed E-state index contributed by atoms with van der Waals surface area (Å²) in [6.07, 6.45) is 1.31. The van der Waals surface area contributed by atoms with Gasteiger partial charge in [-0.25, -0.2) is 4.98 Å². The Labute approximate surface area is 115 Å². The Hall–Kier alpha value is -2.94. The molecule has 0 bridgehead atoms. The third-order valence-electron chi connectivity index (χ3n) is 2.77. The van der Waals surface area contributed by atoms with E-state index >= 15 is 0 Å². The van der Waals surface area contributed by atoms with E-state index < -0.39 is 4.92 Å². The van der Waals surface area contributed by atoms with Crippen molar-refractivity contribution in [1.82, 2.24) is 4.98 Å². The van der Waals surface area contributed by atoms with Gasteiger partial charge in [0, 0.05) is 18.8 Å². The molecule has 0 aliphatic rings. The van der Waals surface area contributed by atoms with Gasteiger partial charge in [-0.3, -0.25) is 10.1 Å². The molecule has 0 radical (unpaired) electrons. The number of nitrogens with zero attached hydrogens (tertiary/aromatic N) is 3. The number of benzene rings is 1. The number of nitrogens with one attached hydrogen (secondary N) is 1. The normalized spacial score (nSPS) is 9.80. The number of anilines is 1. The van der Waals surface area contributed by atoms with Gasteiger partial charge in [-0.1, -0.05) is 29.8 Å². The largest absolute Gasteiger partial charge is 0.360 e. The molecule has 1 aromatic carbocycles. The van der Waals surface area contributed by atoms with Crippen LogP contribution in [0.1, 0.15) is 16.7 Å². The van der Waals surface area contributed by atoms with E-state index in [9.17, 15) is 10.1 Å². The van der Waals surface area contributed by atoms with Gasteiger partial charge < -0.3 is 5.32 Å². The summed E-state index contributed by atoms with van der Waals surface area (Å²) in [5.41, 5.74) is 2.11. The molecule has 0 spiro atoms. The maximum absolute atomic E-state index is 11.0. The first-order valence-corrected chi connectivity index (χ1v) is 5.94. The fourth-order valence-corrected chi connectivity index (χ4v) is 1.68. The molecule has 1 N–H and O–H groups in total. The molecule has 1 aromatic heterocycles. The third kappa shape index (κ3) is 3.09. The quantitative estimate of drug-likeness (QED) is 0.680. The number of aryl methyl sites for hydroxylation is 1. The Morgan fingerprint density at radius 3 is 2.70 bits per heavy atom. The van der Waals surface area contributed by atoms with Gasteiger partial charge in [-0.05, 0) is 12.5 Å². The fraction of sp³-hybridized carbons (Fsp3) is 0.143. The lowest BCUT2D eigenvalue weighted by atomic mass is 10.1. The van der Waals surface area contributed by atoms with Crippen molar-refractivity contribution in [3.8, 4) is 6.07 Å². The van der Waals surface area contributed by atoms with Crippen molar-refractivity contribution in [3.63, 3.8) is 0 Å². The number of nitro groups is 1. The summed E-state index contributed by atoms with van der Waals surface area (Å²) in [5, 5.41) is 22.6. The van der Waals surface area contributed by atoms with Gasteiger partial charge in [0.25, 0.3) is 0 Å². The number of aromatic nitrogens is 1. The molecule has 1 heterocycles. The first-order valence-electron chi connectivity index (χ1n) is 5.94. The maximum Gasteiger partial charge on any atom is 0.312 e. The molecule has 0 aliphatic heterocycles. The van der Waals surface area contributed by atoms with E-state index in [0.29, 0.717) is 6.54 Å². The summed E-state index contributed by atoms with van der Waals surface area (Å²) in [6, 6.07) is 10.9. The zero-order valence-corrected chi connectivity index (χ0v) is 10.8. The Kier molecular flexibility index (Phi) is 3.91. The van der Waals surface area contributed by atoms with Crippen LogP contribution in [0.25, 0.3) is 0 Å². The second-order valence-corrected chi connectivity index (χ2v) is 4.30. The molecule has 0 unspecified atom stereocenters. The Morgan fingerprint density at radius 2 is 2.10 bits per heavy atom. The van der Waals surface area contributed by atoms with E-state index in [0.717, 1.165) is 11.1 Å². The summed E-state index contributed by atoms with van der Waals surface area (Å²) in [7, 11) is 0. The lowest BCUT2D eigenvalue weighted by Crippen LogP contribution is -2.05. The summed E-state index contributed by atoms with van der Waals surface area (Å²) < 4.78 is 0. The number of hydrogen-bond donors (Lipinski definition) is 1. The zero-order valence-electron chi connectivity index (χ0n) is 10.8. The van der Waals surface area contributed by atoms with E-state index in [4.69, 9.17) is 5.26 Å². The van der Waals surface area contributed by atoms with Crippen molar-refractivity contribution in [2.75, 3.05) is 5.32 Å². The molecule has 6 nitrogen and oxygen atoms in total. The predicted octanol–water partition coefficient (Wildman–Crippen LogP) is 2.78. The Morgan fingerprint density at radius 1 is 1.40 bits per heavy atom. The van der Waals surface area contributed by atoms with Gasteiger partial charge in [0.05, 0.1) is 10.5 Å². The van der Waals surface area contributed by atoms with Crippen molar-refractivity contribution in [3.05, 3.63) is 63.3 Å². The van der Waals surface area contributed by atoms with E-state index in [1.807, 2.05) is 37.3 Å². The molecule has 2 aromatic rings. The Balaban J connectivity index is 2.19. The highest BCUT2D eigenvalue weighted by Crippen LogP contribution is 2.23. The van der Waals surface area contributed by atoms with Crippen LogP contribution < -0.4 is 5.32 Å². The molecular formula is C14H12N4O2. The smallest absolute Gasteiger partial charge is 0.312 e. The maximum atomic E-state index is 11.0. The lowest BCUT2D eigenvalue weighted by molar-refractivity contribution is -0.384. The zero-order chi connectivity index (χ0) is 14.5. The average Bonchev–Trinajstić information content (AvgIpc) is 2.46. The molecule has 100 valence electrons. The molecule has 0 saturated heterocycles. The van der Waals surface area contributed by atoms with E-state index in [1.165, 1.54) is 12.3 Å². The first kappa shape index (κ1) is 13.5. The highest BCUT2D eigenvalue weighted by Gasteiger charge is 2.16. The number of hydrogen-bond acceptors (Lipinski definition) is 5. The minimum absolute atomic E-state index is 0.162. The average molecular weight is 268 g/mol. The minimum Gasteiger partial charge on any atom is -0.360 e. The van der Waals surface area contributed by atoms with Crippen LogP contribution in [0.4, 0.5) is 11.5 Å². The second kappa shape index (κ2) is 5.80. The molecule has 0 amide bonds. The summed E-state index contributed by atoms with van der Waals surface area (Å²) in [5.74, 6) is 0.162. The minimum atomic E-state index is -0.550. The standard InChI is InChI=1S/C14H12N4O2/c1-10-2-4-11(5-3-10)8-16-14-13(18(19)20)6-12(7-15)9-17-14/h2-6,9H,8H2,1H3,(H,16,17). The van der Waals surface area contributed by atoms with Gasteiger partial charge in [-0.2, -0.15) is 5.26 Å². The van der Waals surface area contributed by atoms with Crippen molar-refractivity contribution in [2.45, 2.75) is 13.5 Å².